The van der Waals surface area contributed by atoms with E-state index in [1.807, 2.05) is 0 Å². The Morgan fingerprint density at radius 2 is 1.89 bits per heavy atom. The maximum Gasteiger partial charge on any atom is 0.250 e. The van der Waals surface area contributed by atoms with E-state index >= 15 is 0 Å². The molecule has 3 heteroatoms. The Balaban J connectivity index is 2.50. The first-order valence-electron chi connectivity index (χ1n) is 2.82. The Kier molecular flexibility index (Phi) is 1.12. The Hall–Kier alpha value is -0.470. The zero-order valence-electron chi connectivity index (χ0n) is 5.16. The van der Waals surface area contributed by atoms with Gasteiger partial charge >= 0.3 is 0 Å². The highest BCUT2D eigenvalue weighted by molar-refractivity contribution is 5.61. The van der Waals surface area contributed by atoms with Crippen molar-refractivity contribution in [1.82, 2.24) is 0 Å². The van der Waals surface area contributed by atoms with Gasteiger partial charge in [-0.05, 0) is 0 Å². The topological polar surface area (TPSA) is 17.1 Å². The number of carbonyl (C=O) groups excluding carboxylic acids is 1. The molecule has 0 aliphatic heterocycles. The molecule has 1 aliphatic rings. The Morgan fingerprint density at radius 3 is 2.00 bits per heavy atom. The molecule has 0 aromatic heterocycles. The summed E-state index contributed by atoms with van der Waals surface area (Å²) in [7, 11) is 0. The number of hydrogen-bond donors (Lipinski definition) is 0. The molecule has 1 fully saturated rings. The first-order valence-corrected chi connectivity index (χ1v) is 2.82. The lowest BCUT2D eigenvalue weighted by Gasteiger charge is -2.40. The summed E-state index contributed by atoms with van der Waals surface area (Å²) >= 11 is 0. The van der Waals surface area contributed by atoms with E-state index in [4.69, 9.17) is 0 Å². The fourth-order valence-corrected chi connectivity index (χ4v) is 1.21. The van der Waals surface area contributed by atoms with Gasteiger partial charge in [0.15, 0.2) is 0 Å². The highest BCUT2D eigenvalue weighted by atomic mass is 19.3. The van der Waals surface area contributed by atoms with Gasteiger partial charge < -0.3 is 4.79 Å². The molecule has 0 radical (unpaired) electrons. The van der Waals surface area contributed by atoms with E-state index in [0.717, 1.165) is 0 Å². The second kappa shape index (κ2) is 1.52. The molecule has 1 nitrogen and oxygen atoms in total. The maximum atomic E-state index is 12.1. The highest BCUT2D eigenvalue weighted by Crippen LogP contribution is 2.50. The second-order valence-electron chi connectivity index (χ2n) is 2.98. The summed E-state index contributed by atoms with van der Waals surface area (Å²) < 4.78 is 24.1. The molecule has 0 saturated heterocycles. The predicted molar refractivity (Wildman–Crippen MR) is 28.4 cm³/mol. The first-order chi connectivity index (χ1) is 3.97. The zero-order valence-corrected chi connectivity index (χ0v) is 5.16. The summed E-state index contributed by atoms with van der Waals surface area (Å²) in [5.41, 5.74) is -0.733. The number of carbonyl (C=O) groups is 1. The summed E-state index contributed by atoms with van der Waals surface area (Å²) in [6, 6.07) is 0. The van der Waals surface area contributed by atoms with Crippen LogP contribution in [0.15, 0.2) is 0 Å². The molecular formula is C6H8F2O. The van der Waals surface area contributed by atoms with E-state index in [9.17, 15) is 13.6 Å². The molecule has 9 heavy (non-hydrogen) atoms. The van der Waals surface area contributed by atoms with Crippen molar-refractivity contribution in [1.29, 1.82) is 0 Å². The largest absolute Gasteiger partial charge is 0.303 e. The van der Waals surface area contributed by atoms with Crippen molar-refractivity contribution < 1.29 is 13.6 Å². The molecule has 0 heterocycles. The van der Waals surface area contributed by atoms with Crippen molar-refractivity contribution in [2.75, 3.05) is 0 Å². The fraction of sp³-hybridized carbons (Fsp3) is 0.833. The van der Waals surface area contributed by atoms with Gasteiger partial charge in [-0.25, -0.2) is 8.78 Å². The van der Waals surface area contributed by atoms with Gasteiger partial charge in [-0.3, -0.25) is 0 Å². The summed E-state index contributed by atoms with van der Waals surface area (Å²) in [6.45, 7) is 1.55. The smallest absolute Gasteiger partial charge is 0.250 e. The molecular weight excluding hydrogens is 126 g/mol. The molecule has 52 valence electrons. The van der Waals surface area contributed by atoms with Crippen molar-refractivity contribution in [3.05, 3.63) is 0 Å². The third-order valence-electron chi connectivity index (χ3n) is 1.61. The number of alkyl halides is 2. The van der Waals surface area contributed by atoms with E-state index in [1.165, 1.54) is 0 Å². The molecule has 0 unspecified atom stereocenters. The lowest BCUT2D eigenvalue weighted by atomic mass is 9.69. The average Bonchev–Trinajstić information content (AvgIpc) is 1.61. The minimum absolute atomic E-state index is 0.274. The zero-order chi connectivity index (χ0) is 7.12. The minimum Gasteiger partial charge on any atom is -0.303 e. The quantitative estimate of drug-likeness (QED) is 0.498. The number of rotatable bonds is 1. The van der Waals surface area contributed by atoms with E-state index in [1.54, 1.807) is 6.92 Å². The van der Waals surface area contributed by atoms with Gasteiger partial charge in [0.25, 0.3) is 0 Å². The van der Waals surface area contributed by atoms with Crippen molar-refractivity contribution >= 4 is 6.29 Å². The molecule has 0 N–H and O–H groups in total. The molecule has 1 saturated carbocycles. The first kappa shape index (κ1) is 6.65. The Labute approximate surface area is 52.1 Å². The summed E-state index contributed by atoms with van der Waals surface area (Å²) in [5.74, 6) is -2.57. The molecule has 0 aromatic carbocycles. The Bertz CT molecular complexity index is 134. The summed E-state index contributed by atoms with van der Waals surface area (Å²) in [4.78, 5) is 10.1. The normalized spacial score (nSPS) is 28.8. The molecule has 0 spiro atoms. The van der Waals surface area contributed by atoms with Gasteiger partial charge in [0, 0.05) is 18.3 Å². The van der Waals surface area contributed by atoms with Crippen LogP contribution in [-0.2, 0) is 4.79 Å². The minimum atomic E-state index is -2.57. The molecule has 0 amide bonds. The van der Waals surface area contributed by atoms with Gasteiger partial charge in [0.1, 0.15) is 6.29 Å². The third kappa shape index (κ3) is 1.09. The molecule has 1 aliphatic carbocycles. The average molecular weight is 134 g/mol. The van der Waals surface area contributed by atoms with Gasteiger partial charge in [0.2, 0.25) is 5.92 Å². The van der Waals surface area contributed by atoms with Crippen LogP contribution in [0.25, 0.3) is 0 Å². The van der Waals surface area contributed by atoms with Crippen LogP contribution in [0.5, 0.6) is 0 Å². The summed E-state index contributed by atoms with van der Waals surface area (Å²) in [6.07, 6.45) is 0.0669. The van der Waals surface area contributed by atoms with E-state index in [2.05, 4.69) is 0 Å². The maximum absolute atomic E-state index is 12.1. The second-order valence-corrected chi connectivity index (χ2v) is 2.98. The van der Waals surface area contributed by atoms with Crippen molar-refractivity contribution in [2.24, 2.45) is 5.41 Å². The fourth-order valence-electron chi connectivity index (χ4n) is 1.21. The lowest BCUT2D eigenvalue weighted by Crippen LogP contribution is -2.44. The number of aldehydes is 1. The van der Waals surface area contributed by atoms with E-state index in [-0.39, 0.29) is 12.8 Å². The van der Waals surface area contributed by atoms with Crippen LogP contribution < -0.4 is 0 Å². The van der Waals surface area contributed by atoms with Crippen LogP contribution in [0.2, 0.25) is 0 Å². The number of hydrogen-bond acceptors (Lipinski definition) is 1. The molecule has 1 rings (SSSR count). The van der Waals surface area contributed by atoms with Crippen LogP contribution in [0, 0.1) is 5.41 Å². The van der Waals surface area contributed by atoms with Gasteiger partial charge in [-0.15, -0.1) is 0 Å². The van der Waals surface area contributed by atoms with Crippen molar-refractivity contribution in [3.63, 3.8) is 0 Å². The van der Waals surface area contributed by atoms with Crippen molar-refractivity contribution in [3.8, 4) is 0 Å². The standard InChI is InChI=1S/C6H8F2O/c1-5(4-9)2-6(7,8)3-5/h4H,2-3H2,1H3. The van der Waals surface area contributed by atoms with Crippen LogP contribution in [0.1, 0.15) is 19.8 Å². The highest BCUT2D eigenvalue weighted by Gasteiger charge is 2.53. The Morgan fingerprint density at radius 1 is 1.44 bits per heavy atom. The van der Waals surface area contributed by atoms with E-state index in [0.29, 0.717) is 6.29 Å². The van der Waals surface area contributed by atoms with Crippen LogP contribution in [-0.4, -0.2) is 12.2 Å². The lowest BCUT2D eigenvalue weighted by molar-refractivity contribution is -0.162. The van der Waals surface area contributed by atoms with Gasteiger partial charge in [-0.2, -0.15) is 0 Å². The molecule has 0 aromatic rings. The SMILES string of the molecule is CC1(C=O)CC(F)(F)C1. The van der Waals surface area contributed by atoms with Gasteiger partial charge in [0.05, 0.1) is 0 Å². The third-order valence-corrected chi connectivity index (χ3v) is 1.61. The van der Waals surface area contributed by atoms with Crippen LogP contribution in [0.4, 0.5) is 8.78 Å². The monoisotopic (exact) mass is 134 g/mol. The van der Waals surface area contributed by atoms with Crippen LogP contribution >= 0.6 is 0 Å². The predicted octanol–water partition coefficient (Wildman–Crippen LogP) is 1.62. The summed E-state index contributed by atoms with van der Waals surface area (Å²) in [5, 5.41) is 0. The van der Waals surface area contributed by atoms with Crippen molar-refractivity contribution in [2.45, 2.75) is 25.7 Å². The van der Waals surface area contributed by atoms with E-state index < -0.39 is 11.3 Å². The van der Waals surface area contributed by atoms with Gasteiger partial charge in [-0.1, -0.05) is 6.92 Å². The molecule has 0 bridgehead atoms. The van der Waals surface area contributed by atoms with Crippen LogP contribution in [0.3, 0.4) is 0 Å². The molecule has 0 atom stereocenters. The number of halogens is 2.